The molecule has 0 aromatic carbocycles. The molecule has 7 nitrogen and oxygen atoms in total. The summed E-state index contributed by atoms with van der Waals surface area (Å²) in [6.45, 7) is 3.21. The molecule has 0 unspecified atom stereocenters. The molecule has 0 saturated carbocycles. The molecule has 0 fully saturated rings. The number of esters is 1. The van der Waals surface area contributed by atoms with Gasteiger partial charge in [-0.15, -0.1) is 0 Å². The van der Waals surface area contributed by atoms with Crippen LogP contribution in [-0.2, 0) is 24.1 Å². The molecule has 0 aromatic rings. The molecule has 0 amide bonds. The fraction of sp³-hybridized carbons (Fsp3) is 0.944. The van der Waals surface area contributed by atoms with Crippen LogP contribution in [0.5, 0.6) is 0 Å². The Hall–Kier alpha value is -0.700. The van der Waals surface area contributed by atoms with Crippen molar-refractivity contribution in [3.63, 3.8) is 0 Å². The van der Waals surface area contributed by atoms with Gasteiger partial charge in [-0.25, -0.2) is 0 Å². The summed E-state index contributed by atoms with van der Waals surface area (Å²) in [7, 11) is -3.29. The number of carbonyl (C=O) groups is 1. The van der Waals surface area contributed by atoms with E-state index in [1.807, 2.05) is 0 Å². The van der Waals surface area contributed by atoms with Crippen molar-refractivity contribution in [2.45, 2.75) is 90.4 Å². The van der Waals surface area contributed by atoms with Gasteiger partial charge in [-0.3, -0.25) is 13.5 Å². The largest absolute Gasteiger partial charge is 0.466 e. The third kappa shape index (κ3) is 28.1. The quantitative estimate of drug-likeness (QED) is 0.229. The van der Waals surface area contributed by atoms with Gasteiger partial charge in [0.15, 0.2) is 0 Å². The van der Waals surface area contributed by atoms with Crippen molar-refractivity contribution in [1.82, 2.24) is 0 Å². The van der Waals surface area contributed by atoms with Crippen LogP contribution in [0.3, 0.4) is 0 Å². The standard InChI is InChI=1S/C17H35NO2.CH4O4S/c1-2-3-4-5-6-7-8-9-10-11-12-13-16-20-17(19)14-15-18;1-5-6(2,3)4/h2-16,18H2,1H3;1H3,(H,2,3,4). The van der Waals surface area contributed by atoms with Crippen molar-refractivity contribution >= 4 is 16.4 Å². The van der Waals surface area contributed by atoms with Gasteiger partial charge in [0.25, 0.3) is 0 Å². The molecule has 0 saturated heterocycles. The summed E-state index contributed by atoms with van der Waals surface area (Å²) in [4.78, 5) is 11.0. The monoisotopic (exact) mass is 397 g/mol. The molecule has 0 spiro atoms. The van der Waals surface area contributed by atoms with Crippen LogP contribution in [0.4, 0.5) is 0 Å². The average Bonchev–Trinajstić information content (AvgIpc) is 2.59. The summed E-state index contributed by atoms with van der Waals surface area (Å²) in [5.74, 6) is -0.157. The topological polar surface area (TPSA) is 116 Å². The minimum Gasteiger partial charge on any atom is -0.466 e. The number of unbranched alkanes of at least 4 members (excludes halogenated alkanes) is 11. The Morgan fingerprint density at radius 3 is 1.62 bits per heavy atom. The summed E-state index contributed by atoms with van der Waals surface area (Å²) in [6.07, 6.45) is 16.2. The summed E-state index contributed by atoms with van der Waals surface area (Å²) in [5.41, 5.74) is 5.27. The van der Waals surface area contributed by atoms with Gasteiger partial charge >= 0.3 is 16.4 Å². The SMILES string of the molecule is CCCCCCCCCCCCCCOC(=O)CCN.COS(=O)(=O)O. The molecule has 158 valence electrons. The first-order chi connectivity index (χ1) is 12.4. The van der Waals surface area contributed by atoms with E-state index >= 15 is 0 Å². The molecular weight excluding hydrogens is 358 g/mol. The van der Waals surface area contributed by atoms with Gasteiger partial charge in [-0.05, 0) is 6.42 Å². The highest BCUT2D eigenvalue weighted by Gasteiger charge is 1.99. The van der Waals surface area contributed by atoms with Crippen LogP contribution in [0.2, 0.25) is 0 Å². The highest BCUT2D eigenvalue weighted by atomic mass is 32.3. The highest BCUT2D eigenvalue weighted by molar-refractivity contribution is 7.80. The number of hydrogen-bond donors (Lipinski definition) is 2. The Morgan fingerprint density at radius 2 is 1.27 bits per heavy atom. The molecule has 0 aromatic heterocycles. The van der Waals surface area contributed by atoms with Gasteiger partial charge in [0.05, 0.1) is 20.1 Å². The summed E-state index contributed by atoms with van der Waals surface area (Å²) in [6, 6.07) is 0. The van der Waals surface area contributed by atoms with Crippen molar-refractivity contribution in [3.8, 4) is 0 Å². The van der Waals surface area contributed by atoms with Crippen molar-refractivity contribution in [2.75, 3.05) is 20.3 Å². The molecule has 3 N–H and O–H groups in total. The zero-order valence-corrected chi connectivity index (χ0v) is 17.4. The van der Waals surface area contributed by atoms with Crippen LogP contribution in [0.15, 0.2) is 0 Å². The van der Waals surface area contributed by atoms with E-state index in [1.165, 1.54) is 70.6 Å². The number of ether oxygens (including phenoxy) is 1. The van der Waals surface area contributed by atoms with E-state index in [4.69, 9.17) is 15.0 Å². The molecule has 0 aliphatic carbocycles. The van der Waals surface area contributed by atoms with E-state index in [9.17, 15) is 13.2 Å². The predicted molar refractivity (Wildman–Crippen MR) is 104 cm³/mol. The van der Waals surface area contributed by atoms with E-state index in [2.05, 4.69) is 11.1 Å². The van der Waals surface area contributed by atoms with Gasteiger partial charge in [0.2, 0.25) is 0 Å². The zero-order chi connectivity index (χ0) is 20.1. The van der Waals surface area contributed by atoms with Crippen molar-refractivity contribution in [3.05, 3.63) is 0 Å². The van der Waals surface area contributed by atoms with Gasteiger partial charge in [0.1, 0.15) is 0 Å². The molecule has 8 heteroatoms. The third-order valence-corrected chi connectivity index (χ3v) is 4.24. The van der Waals surface area contributed by atoms with Gasteiger partial charge < -0.3 is 10.5 Å². The van der Waals surface area contributed by atoms with Crippen LogP contribution in [0.25, 0.3) is 0 Å². The van der Waals surface area contributed by atoms with E-state index in [1.54, 1.807) is 0 Å². The summed E-state index contributed by atoms with van der Waals surface area (Å²) >= 11 is 0. The van der Waals surface area contributed by atoms with Gasteiger partial charge in [-0.1, -0.05) is 77.6 Å². The first kappa shape index (κ1) is 27.5. The number of hydrogen-bond acceptors (Lipinski definition) is 6. The van der Waals surface area contributed by atoms with Crippen LogP contribution in [-0.4, -0.2) is 39.2 Å². The van der Waals surface area contributed by atoms with E-state index in [0.29, 0.717) is 19.6 Å². The highest BCUT2D eigenvalue weighted by Crippen LogP contribution is 2.11. The Balaban J connectivity index is 0. The lowest BCUT2D eigenvalue weighted by molar-refractivity contribution is -0.143. The lowest BCUT2D eigenvalue weighted by Crippen LogP contribution is -2.11. The predicted octanol–water partition coefficient (Wildman–Crippen LogP) is 4.02. The molecule has 0 radical (unpaired) electrons. The molecule has 26 heavy (non-hydrogen) atoms. The van der Waals surface area contributed by atoms with Crippen LogP contribution in [0.1, 0.15) is 90.4 Å². The Morgan fingerprint density at radius 1 is 0.885 bits per heavy atom. The second-order valence-electron chi connectivity index (χ2n) is 6.24. The van der Waals surface area contributed by atoms with E-state index < -0.39 is 10.4 Å². The molecular formula is C18H39NO6S. The normalized spacial score (nSPS) is 10.9. The third-order valence-electron chi connectivity index (χ3n) is 3.82. The maximum absolute atomic E-state index is 11.0. The molecule has 0 bridgehead atoms. The smallest absolute Gasteiger partial charge is 0.397 e. The Kier molecular flexibility index (Phi) is 21.8. The Labute approximate surface area is 160 Å². The van der Waals surface area contributed by atoms with Crippen molar-refractivity contribution in [1.29, 1.82) is 0 Å². The Bertz CT molecular complexity index is 400. The minimum absolute atomic E-state index is 0.157. The van der Waals surface area contributed by atoms with Gasteiger partial charge in [-0.2, -0.15) is 8.42 Å². The lowest BCUT2D eigenvalue weighted by atomic mass is 10.1. The fourth-order valence-electron chi connectivity index (χ4n) is 2.32. The average molecular weight is 398 g/mol. The number of rotatable bonds is 16. The maximum atomic E-state index is 11.0. The van der Waals surface area contributed by atoms with Gasteiger partial charge in [0, 0.05) is 6.54 Å². The number of nitrogens with two attached hydrogens (primary N) is 1. The number of carbonyl (C=O) groups excluding carboxylic acids is 1. The van der Waals surface area contributed by atoms with Crippen LogP contribution < -0.4 is 5.73 Å². The van der Waals surface area contributed by atoms with Crippen molar-refractivity contribution < 1.29 is 26.7 Å². The van der Waals surface area contributed by atoms with Crippen LogP contribution >= 0.6 is 0 Å². The maximum Gasteiger partial charge on any atom is 0.397 e. The lowest BCUT2D eigenvalue weighted by Gasteiger charge is -2.04. The molecule has 0 rings (SSSR count). The van der Waals surface area contributed by atoms with Crippen molar-refractivity contribution in [2.24, 2.45) is 5.73 Å². The molecule has 0 atom stereocenters. The zero-order valence-electron chi connectivity index (χ0n) is 16.6. The van der Waals surface area contributed by atoms with E-state index in [0.717, 1.165) is 13.5 Å². The minimum atomic E-state index is -4.16. The molecule has 0 aliphatic heterocycles. The molecule has 0 aliphatic rings. The first-order valence-electron chi connectivity index (χ1n) is 9.76. The fourth-order valence-corrected chi connectivity index (χ4v) is 2.32. The second-order valence-corrected chi connectivity index (χ2v) is 7.43. The second kappa shape index (κ2) is 20.6. The van der Waals surface area contributed by atoms with Crippen LogP contribution in [0, 0.1) is 0 Å². The summed E-state index contributed by atoms with van der Waals surface area (Å²) in [5, 5.41) is 0. The van der Waals surface area contributed by atoms with E-state index in [-0.39, 0.29) is 5.97 Å². The summed E-state index contributed by atoms with van der Waals surface area (Å²) < 4.78 is 34.8. The first-order valence-corrected chi connectivity index (χ1v) is 11.1. The molecule has 0 heterocycles.